The van der Waals surface area contributed by atoms with Crippen LogP contribution < -0.4 is 0 Å². The molecule has 3 aromatic rings. The summed E-state index contributed by atoms with van der Waals surface area (Å²) in [6.45, 7) is 0.793. The van der Waals surface area contributed by atoms with Gasteiger partial charge in [-0.25, -0.2) is 9.97 Å². The van der Waals surface area contributed by atoms with E-state index < -0.39 is 0 Å². The van der Waals surface area contributed by atoms with Crippen molar-refractivity contribution in [2.75, 3.05) is 6.61 Å². The molecule has 21 heavy (non-hydrogen) atoms. The Morgan fingerprint density at radius 3 is 3.00 bits per heavy atom. The maximum Gasteiger partial charge on any atom is 0.162 e. The number of thiophene rings is 1. The summed E-state index contributed by atoms with van der Waals surface area (Å²) < 4.78 is 8.84. The Kier molecular flexibility index (Phi) is 3.41. The Balaban J connectivity index is 1.92. The molecule has 0 radical (unpaired) electrons. The van der Waals surface area contributed by atoms with Crippen molar-refractivity contribution in [3.05, 3.63) is 34.8 Å². The van der Waals surface area contributed by atoms with E-state index in [4.69, 9.17) is 21.3 Å². The molecule has 4 nitrogen and oxygen atoms in total. The summed E-state index contributed by atoms with van der Waals surface area (Å²) in [5, 5.41) is 0. The van der Waals surface area contributed by atoms with Crippen LogP contribution in [0, 0.1) is 0 Å². The topological polar surface area (TPSA) is 39.9 Å². The second-order valence-corrected chi connectivity index (χ2v) is 6.79. The molecule has 0 aliphatic carbocycles. The fraction of sp³-hybridized carbons (Fsp3) is 0.333. The van der Waals surface area contributed by atoms with E-state index in [2.05, 4.69) is 9.55 Å². The van der Waals surface area contributed by atoms with Crippen LogP contribution in [0.3, 0.4) is 0 Å². The predicted molar refractivity (Wildman–Crippen MR) is 84.7 cm³/mol. The lowest BCUT2D eigenvalue weighted by atomic mass is 10.2. The van der Waals surface area contributed by atoms with Gasteiger partial charge < -0.3 is 4.74 Å². The molecule has 1 atom stereocenters. The molecule has 4 rings (SSSR count). The van der Waals surface area contributed by atoms with Crippen molar-refractivity contribution in [1.82, 2.24) is 14.5 Å². The molecule has 0 amide bonds. The summed E-state index contributed by atoms with van der Waals surface area (Å²) in [4.78, 5) is 10.3. The maximum absolute atomic E-state index is 6.08. The first kappa shape index (κ1) is 13.2. The van der Waals surface area contributed by atoms with Crippen LogP contribution in [0.15, 0.2) is 30.5 Å². The van der Waals surface area contributed by atoms with E-state index in [0.717, 1.165) is 45.7 Å². The van der Waals surface area contributed by atoms with Gasteiger partial charge in [0.15, 0.2) is 11.5 Å². The minimum absolute atomic E-state index is 0.00882. The molecule has 108 valence electrons. The summed E-state index contributed by atoms with van der Waals surface area (Å²) in [7, 11) is 0. The summed E-state index contributed by atoms with van der Waals surface area (Å²) in [6, 6.07) is 7.81. The van der Waals surface area contributed by atoms with Gasteiger partial charge >= 0.3 is 0 Å². The lowest BCUT2D eigenvalue weighted by Crippen LogP contribution is -2.19. The van der Waals surface area contributed by atoms with Gasteiger partial charge in [0.2, 0.25) is 0 Å². The van der Waals surface area contributed by atoms with E-state index >= 15 is 0 Å². The van der Waals surface area contributed by atoms with Gasteiger partial charge in [-0.2, -0.15) is 0 Å². The van der Waals surface area contributed by atoms with Crippen molar-refractivity contribution in [3.63, 3.8) is 0 Å². The zero-order chi connectivity index (χ0) is 14.2. The van der Waals surface area contributed by atoms with Gasteiger partial charge in [-0.3, -0.25) is 4.57 Å². The Bertz CT molecular complexity index is 776. The molecular formula is C15H14ClN3OS. The van der Waals surface area contributed by atoms with E-state index in [9.17, 15) is 0 Å². The average Bonchev–Trinajstić information content (AvgIpc) is 3.11. The van der Waals surface area contributed by atoms with Crippen LogP contribution in [0.4, 0.5) is 0 Å². The molecule has 1 fully saturated rings. The molecule has 6 heteroatoms. The molecule has 3 aromatic heterocycles. The van der Waals surface area contributed by atoms with Gasteiger partial charge in [0.25, 0.3) is 0 Å². The van der Waals surface area contributed by atoms with Crippen molar-refractivity contribution in [3.8, 4) is 10.7 Å². The summed E-state index contributed by atoms with van der Waals surface area (Å²) in [6.07, 6.45) is 5.09. The molecule has 1 aliphatic heterocycles. The number of hydrogen-bond acceptors (Lipinski definition) is 4. The number of fused-ring (bicyclic) bond motifs is 1. The summed E-state index contributed by atoms with van der Waals surface area (Å²) in [5.41, 5.74) is 1.77. The zero-order valence-corrected chi connectivity index (χ0v) is 12.9. The van der Waals surface area contributed by atoms with Crippen LogP contribution >= 0.6 is 22.9 Å². The van der Waals surface area contributed by atoms with Crippen LogP contribution in [0.5, 0.6) is 0 Å². The first-order valence-electron chi connectivity index (χ1n) is 7.03. The lowest BCUT2D eigenvalue weighted by Gasteiger charge is -2.25. The highest BCUT2D eigenvalue weighted by molar-refractivity contribution is 7.19. The fourth-order valence-electron chi connectivity index (χ4n) is 2.74. The van der Waals surface area contributed by atoms with Crippen LogP contribution in [-0.4, -0.2) is 21.1 Å². The Morgan fingerprint density at radius 2 is 2.24 bits per heavy atom. The largest absolute Gasteiger partial charge is 0.358 e. The Hall–Kier alpha value is -1.43. The number of hydrogen-bond donors (Lipinski definition) is 0. The van der Waals surface area contributed by atoms with E-state index in [-0.39, 0.29) is 6.23 Å². The zero-order valence-electron chi connectivity index (χ0n) is 11.3. The van der Waals surface area contributed by atoms with Gasteiger partial charge in [-0.05, 0) is 43.5 Å². The standard InChI is InChI=1S/C15H14ClN3OS/c16-12-7-6-11(21-12)15-18-10-4-3-8-17-14(10)19(15)13-5-1-2-9-20-13/h3-4,6-8,13H,1-2,5,9H2. The average molecular weight is 320 g/mol. The minimum atomic E-state index is 0.00882. The molecule has 0 spiro atoms. The summed E-state index contributed by atoms with van der Waals surface area (Å²) >= 11 is 7.61. The molecule has 4 heterocycles. The predicted octanol–water partition coefficient (Wildman–Crippen LogP) is 4.51. The molecule has 0 aromatic carbocycles. The highest BCUT2D eigenvalue weighted by Crippen LogP contribution is 2.36. The third-order valence-corrected chi connectivity index (χ3v) is 4.91. The SMILES string of the molecule is Clc1ccc(-c2nc3cccnc3n2C2CCCCO2)s1. The number of ether oxygens (including phenoxy) is 1. The quantitative estimate of drug-likeness (QED) is 0.697. The number of rotatable bonds is 2. The maximum atomic E-state index is 6.08. The molecule has 1 unspecified atom stereocenters. The second-order valence-electron chi connectivity index (χ2n) is 5.08. The Labute approximate surface area is 131 Å². The van der Waals surface area contributed by atoms with Crippen LogP contribution in [0.2, 0.25) is 4.34 Å². The van der Waals surface area contributed by atoms with Crippen molar-refractivity contribution in [2.45, 2.75) is 25.5 Å². The van der Waals surface area contributed by atoms with Crippen molar-refractivity contribution in [2.24, 2.45) is 0 Å². The molecular weight excluding hydrogens is 306 g/mol. The van der Waals surface area contributed by atoms with Crippen molar-refractivity contribution in [1.29, 1.82) is 0 Å². The van der Waals surface area contributed by atoms with Crippen LogP contribution in [0.1, 0.15) is 25.5 Å². The number of imidazole rings is 1. The van der Waals surface area contributed by atoms with Crippen LogP contribution in [-0.2, 0) is 4.74 Å². The molecule has 0 saturated carbocycles. The van der Waals surface area contributed by atoms with E-state index in [1.807, 2.05) is 24.3 Å². The van der Waals surface area contributed by atoms with Gasteiger partial charge in [-0.15, -0.1) is 11.3 Å². The fourth-order valence-corrected chi connectivity index (χ4v) is 3.77. The number of pyridine rings is 1. The molecule has 1 aliphatic rings. The van der Waals surface area contributed by atoms with E-state index in [1.54, 1.807) is 6.20 Å². The highest BCUT2D eigenvalue weighted by Gasteiger charge is 2.24. The first-order chi connectivity index (χ1) is 10.3. The lowest BCUT2D eigenvalue weighted by molar-refractivity contribution is -0.0287. The third kappa shape index (κ3) is 2.35. The third-order valence-electron chi connectivity index (χ3n) is 3.69. The normalized spacial score (nSPS) is 19.2. The van der Waals surface area contributed by atoms with Gasteiger partial charge in [0, 0.05) is 12.8 Å². The first-order valence-corrected chi connectivity index (χ1v) is 8.22. The van der Waals surface area contributed by atoms with Crippen LogP contribution in [0.25, 0.3) is 21.9 Å². The van der Waals surface area contributed by atoms with Crippen molar-refractivity contribution < 1.29 is 4.74 Å². The van der Waals surface area contributed by atoms with Crippen molar-refractivity contribution >= 4 is 34.1 Å². The highest BCUT2D eigenvalue weighted by atomic mass is 35.5. The molecule has 0 N–H and O–H groups in total. The minimum Gasteiger partial charge on any atom is -0.358 e. The number of halogens is 1. The van der Waals surface area contributed by atoms with Gasteiger partial charge in [-0.1, -0.05) is 11.6 Å². The monoisotopic (exact) mass is 319 g/mol. The van der Waals surface area contributed by atoms with E-state index in [1.165, 1.54) is 17.8 Å². The molecule has 0 bridgehead atoms. The Morgan fingerprint density at radius 1 is 1.29 bits per heavy atom. The second kappa shape index (κ2) is 5.40. The smallest absolute Gasteiger partial charge is 0.162 e. The number of aromatic nitrogens is 3. The molecule has 1 saturated heterocycles. The summed E-state index contributed by atoms with van der Waals surface area (Å²) in [5.74, 6) is 0.896. The number of nitrogens with zero attached hydrogens (tertiary/aromatic N) is 3. The van der Waals surface area contributed by atoms with Gasteiger partial charge in [0.05, 0.1) is 9.21 Å². The van der Waals surface area contributed by atoms with E-state index in [0.29, 0.717) is 0 Å². The van der Waals surface area contributed by atoms with Gasteiger partial charge in [0.1, 0.15) is 11.7 Å².